The second-order valence-corrected chi connectivity index (χ2v) is 9.13. The highest BCUT2D eigenvalue weighted by atomic mass is 35.5. The first kappa shape index (κ1) is 20.0. The molecule has 1 saturated heterocycles. The van der Waals surface area contributed by atoms with Crippen LogP contribution in [0.15, 0.2) is 30.7 Å². The number of halogens is 2. The van der Waals surface area contributed by atoms with E-state index >= 15 is 0 Å². The molecule has 158 valence electrons. The molecule has 1 saturated carbocycles. The maximum Gasteiger partial charge on any atom is 0.163 e. The summed E-state index contributed by atoms with van der Waals surface area (Å²) in [7, 11) is 0. The Balaban J connectivity index is 1.34. The summed E-state index contributed by atoms with van der Waals surface area (Å²) in [6.45, 7) is 4.74. The molecular weight excluding hydrogens is 419 g/mol. The molecule has 0 N–H and O–H groups in total. The number of fused-ring (bicyclic) bond motifs is 1. The van der Waals surface area contributed by atoms with Crippen LogP contribution < -0.4 is 4.90 Å². The Morgan fingerprint density at radius 2 is 1.77 bits per heavy atom. The lowest BCUT2D eigenvalue weighted by Crippen LogP contribution is -2.51. The first-order chi connectivity index (χ1) is 14.7. The second kappa shape index (κ2) is 8.69. The molecule has 6 nitrogen and oxygen atoms in total. The molecule has 3 aromatic rings. The highest BCUT2D eigenvalue weighted by Crippen LogP contribution is 2.28. The summed E-state index contributed by atoms with van der Waals surface area (Å²) < 4.78 is 1.88. The van der Waals surface area contributed by atoms with Crippen molar-refractivity contribution in [2.24, 2.45) is 0 Å². The Morgan fingerprint density at radius 1 is 0.967 bits per heavy atom. The molecule has 3 heterocycles. The number of hydrogen-bond donors (Lipinski definition) is 0. The zero-order valence-electron chi connectivity index (χ0n) is 17.0. The van der Waals surface area contributed by atoms with E-state index in [4.69, 9.17) is 23.2 Å². The highest BCUT2D eigenvalue weighted by Gasteiger charge is 2.26. The van der Waals surface area contributed by atoms with E-state index in [9.17, 15) is 0 Å². The fourth-order valence-corrected chi connectivity index (χ4v) is 5.27. The number of anilines is 1. The molecule has 0 unspecified atom stereocenters. The average molecular weight is 445 g/mol. The maximum absolute atomic E-state index is 6.36. The van der Waals surface area contributed by atoms with Gasteiger partial charge in [0.25, 0.3) is 0 Å². The van der Waals surface area contributed by atoms with Crippen molar-refractivity contribution in [2.75, 3.05) is 31.1 Å². The number of aromatic nitrogens is 4. The van der Waals surface area contributed by atoms with E-state index in [1.807, 2.05) is 23.0 Å². The van der Waals surface area contributed by atoms with E-state index in [-0.39, 0.29) is 0 Å². The van der Waals surface area contributed by atoms with Crippen molar-refractivity contribution in [3.8, 4) is 0 Å². The largest absolute Gasteiger partial charge is 0.353 e. The van der Waals surface area contributed by atoms with Gasteiger partial charge in [-0.15, -0.1) is 0 Å². The monoisotopic (exact) mass is 444 g/mol. The van der Waals surface area contributed by atoms with Crippen LogP contribution in [0.4, 0.5) is 5.82 Å². The van der Waals surface area contributed by atoms with E-state index < -0.39 is 0 Å². The van der Waals surface area contributed by atoms with Crippen LogP contribution in [0.1, 0.15) is 37.7 Å². The average Bonchev–Trinajstić information content (AvgIpc) is 3.19. The number of nitrogens with zero attached hydrogens (tertiary/aromatic N) is 6. The SMILES string of the molecule is Clc1ccc(Cn2ncc3c(N4CCN(C5CCCCC5)CC4)ncnc32)c(Cl)c1. The summed E-state index contributed by atoms with van der Waals surface area (Å²) in [5.41, 5.74) is 1.80. The van der Waals surface area contributed by atoms with Crippen molar-refractivity contribution in [3.63, 3.8) is 0 Å². The lowest BCUT2D eigenvalue weighted by molar-refractivity contribution is 0.148. The van der Waals surface area contributed by atoms with Crippen molar-refractivity contribution in [1.29, 1.82) is 0 Å². The molecule has 0 bridgehead atoms. The molecular formula is C22H26Cl2N6. The van der Waals surface area contributed by atoms with Crippen LogP contribution in [0.25, 0.3) is 11.0 Å². The van der Waals surface area contributed by atoms with Gasteiger partial charge in [0.05, 0.1) is 18.1 Å². The zero-order valence-corrected chi connectivity index (χ0v) is 18.5. The van der Waals surface area contributed by atoms with Gasteiger partial charge in [0.1, 0.15) is 12.1 Å². The summed E-state index contributed by atoms with van der Waals surface area (Å²) in [5.74, 6) is 0.983. The first-order valence-electron chi connectivity index (χ1n) is 10.8. The molecule has 0 amide bonds. The van der Waals surface area contributed by atoms with Crippen molar-refractivity contribution in [1.82, 2.24) is 24.6 Å². The van der Waals surface area contributed by atoms with Crippen LogP contribution >= 0.6 is 23.2 Å². The number of rotatable bonds is 4. The lowest BCUT2D eigenvalue weighted by Gasteiger charge is -2.41. The van der Waals surface area contributed by atoms with Crippen molar-refractivity contribution in [2.45, 2.75) is 44.7 Å². The van der Waals surface area contributed by atoms with Gasteiger partial charge in [-0.3, -0.25) is 4.90 Å². The fourth-order valence-electron chi connectivity index (χ4n) is 4.80. The number of benzene rings is 1. The minimum atomic E-state index is 0.547. The van der Waals surface area contributed by atoms with Gasteiger partial charge in [-0.2, -0.15) is 5.10 Å². The third kappa shape index (κ3) is 4.01. The van der Waals surface area contributed by atoms with Gasteiger partial charge >= 0.3 is 0 Å². The summed E-state index contributed by atoms with van der Waals surface area (Å²) in [4.78, 5) is 14.2. The predicted molar refractivity (Wildman–Crippen MR) is 122 cm³/mol. The molecule has 5 rings (SSSR count). The van der Waals surface area contributed by atoms with Crippen molar-refractivity contribution >= 4 is 40.1 Å². The van der Waals surface area contributed by atoms with Crippen LogP contribution in [-0.4, -0.2) is 56.9 Å². The Labute approximate surface area is 186 Å². The quantitative estimate of drug-likeness (QED) is 0.586. The van der Waals surface area contributed by atoms with Gasteiger partial charge in [0.15, 0.2) is 5.65 Å². The van der Waals surface area contributed by atoms with E-state index in [1.165, 1.54) is 32.1 Å². The number of piperazine rings is 1. The van der Waals surface area contributed by atoms with E-state index in [2.05, 4.69) is 24.9 Å². The van der Waals surface area contributed by atoms with Gasteiger partial charge in [0, 0.05) is 42.3 Å². The maximum atomic E-state index is 6.36. The van der Waals surface area contributed by atoms with Gasteiger partial charge in [-0.1, -0.05) is 48.5 Å². The van der Waals surface area contributed by atoms with E-state index in [0.717, 1.165) is 54.6 Å². The number of hydrogen-bond acceptors (Lipinski definition) is 5. The predicted octanol–water partition coefficient (Wildman–Crippen LogP) is 4.64. The molecule has 2 aliphatic rings. The molecule has 2 fully saturated rings. The standard InChI is InChI=1S/C22H26Cl2N6/c23-17-7-6-16(20(24)12-17)14-30-22-19(13-27-30)21(25-15-26-22)29-10-8-28(9-11-29)18-4-2-1-3-5-18/h6-7,12-13,15,18H,1-5,8-11,14H2. The van der Waals surface area contributed by atoms with Crippen molar-refractivity contribution in [3.05, 3.63) is 46.3 Å². The van der Waals surface area contributed by atoms with Crippen molar-refractivity contribution < 1.29 is 0 Å². The lowest BCUT2D eigenvalue weighted by atomic mass is 9.94. The Bertz CT molecular complexity index is 1020. The van der Waals surface area contributed by atoms with E-state index in [1.54, 1.807) is 12.4 Å². The molecule has 0 radical (unpaired) electrons. The fraction of sp³-hybridized carbons (Fsp3) is 0.500. The summed E-state index contributed by atoms with van der Waals surface area (Å²) in [5, 5.41) is 6.85. The van der Waals surface area contributed by atoms with Gasteiger partial charge in [-0.05, 0) is 30.5 Å². The Hall–Kier alpha value is -1.89. The molecule has 1 aliphatic carbocycles. The van der Waals surface area contributed by atoms with Crippen LogP contribution in [0.3, 0.4) is 0 Å². The topological polar surface area (TPSA) is 50.1 Å². The molecule has 2 aromatic heterocycles. The zero-order chi connectivity index (χ0) is 20.5. The molecule has 1 aliphatic heterocycles. The Morgan fingerprint density at radius 3 is 2.53 bits per heavy atom. The minimum absolute atomic E-state index is 0.547. The third-order valence-corrected chi connectivity index (χ3v) is 7.04. The van der Waals surface area contributed by atoms with Crippen LogP contribution in [0, 0.1) is 0 Å². The van der Waals surface area contributed by atoms with E-state index in [0.29, 0.717) is 16.6 Å². The molecule has 0 atom stereocenters. The smallest absolute Gasteiger partial charge is 0.163 e. The highest BCUT2D eigenvalue weighted by molar-refractivity contribution is 6.35. The van der Waals surface area contributed by atoms with Crippen LogP contribution in [-0.2, 0) is 6.54 Å². The second-order valence-electron chi connectivity index (χ2n) is 8.29. The molecule has 8 heteroatoms. The minimum Gasteiger partial charge on any atom is -0.353 e. The Kier molecular flexibility index (Phi) is 5.81. The van der Waals surface area contributed by atoms with Gasteiger partial charge < -0.3 is 4.90 Å². The molecule has 1 aromatic carbocycles. The third-order valence-electron chi connectivity index (χ3n) is 6.45. The van der Waals surface area contributed by atoms with Gasteiger partial charge in [-0.25, -0.2) is 14.6 Å². The first-order valence-corrected chi connectivity index (χ1v) is 11.5. The summed E-state index contributed by atoms with van der Waals surface area (Å²) in [6.07, 6.45) is 10.4. The molecule has 30 heavy (non-hydrogen) atoms. The summed E-state index contributed by atoms with van der Waals surface area (Å²) in [6, 6.07) is 6.32. The molecule has 0 spiro atoms. The van der Waals surface area contributed by atoms with Crippen LogP contribution in [0.2, 0.25) is 10.0 Å². The summed E-state index contributed by atoms with van der Waals surface area (Å²) >= 11 is 12.4. The normalized spacial score (nSPS) is 18.9. The van der Waals surface area contributed by atoms with Crippen LogP contribution in [0.5, 0.6) is 0 Å². The van der Waals surface area contributed by atoms with Gasteiger partial charge in [0.2, 0.25) is 0 Å².